The summed E-state index contributed by atoms with van der Waals surface area (Å²) in [5.74, 6) is 0.911. The lowest BCUT2D eigenvalue weighted by Crippen LogP contribution is -2.49. The smallest absolute Gasteiger partial charge is 0.318 e. The number of halogens is 1. The Labute approximate surface area is 222 Å². The molecule has 0 spiro atoms. The molecule has 0 bridgehead atoms. The predicted octanol–water partition coefficient (Wildman–Crippen LogP) is 4.56. The van der Waals surface area contributed by atoms with Crippen molar-refractivity contribution in [1.82, 2.24) is 14.9 Å². The summed E-state index contributed by atoms with van der Waals surface area (Å²) in [6, 6.07) is 9.96. The summed E-state index contributed by atoms with van der Waals surface area (Å²) in [4.78, 5) is 28.0. The molecule has 0 saturated carbocycles. The zero-order valence-electron chi connectivity index (χ0n) is 21.3. The molecule has 37 heavy (non-hydrogen) atoms. The number of anilines is 2. The topological polar surface area (TPSA) is 82.0 Å². The summed E-state index contributed by atoms with van der Waals surface area (Å²) in [6.45, 7) is 11.6. The highest BCUT2D eigenvalue weighted by Crippen LogP contribution is 2.41. The normalized spacial score (nSPS) is 16.5. The van der Waals surface area contributed by atoms with Crippen LogP contribution in [0.25, 0.3) is 10.8 Å². The van der Waals surface area contributed by atoms with E-state index in [9.17, 15) is 9.90 Å². The maximum absolute atomic E-state index is 12.1. The number of amides is 1. The number of phenolic OH excluding ortho intramolecular Hbond substituents is 1. The van der Waals surface area contributed by atoms with E-state index in [2.05, 4.69) is 23.3 Å². The third-order valence-electron chi connectivity index (χ3n) is 7.25. The van der Waals surface area contributed by atoms with Crippen molar-refractivity contribution in [3.8, 4) is 11.8 Å². The molecule has 2 aliphatic rings. The Balaban J connectivity index is 1.50. The standard InChI is InChI=1S/C28H32ClN5O3/c1-4-18(3)37-28-30-22-17-34(23-16-24(35)26(29)20-9-7-6-8-19(20)23)11-10-21(22)27(31-28)33-14-12-32(13-15-33)25(36)5-2/h5-9,16,18,35H,2,4,10-15,17H2,1,3H3/t18-/m1/s1. The molecule has 0 radical (unpaired) electrons. The van der Waals surface area contributed by atoms with Gasteiger partial charge in [-0.1, -0.05) is 49.4 Å². The predicted molar refractivity (Wildman–Crippen MR) is 147 cm³/mol. The molecule has 1 saturated heterocycles. The first-order valence-electron chi connectivity index (χ1n) is 12.8. The average Bonchev–Trinajstić information content (AvgIpc) is 2.93. The number of aromatic nitrogens is 2. The van der Waals surface area contributed by atoms with Crippen molar-refractivity contribution in [3.63, 3.8) is 0 Å². The van der Waals surface area contributed by atoms with Crippen molar-refractivity contribution in [2.75, 3.05) is 42.5 Å². The number of piperazine rings is 1. The molecule has 1 atom stereocenters. The maximum Gasteiger partial charge on any atom is 0.318 e. The number of carbonyl (C=O) groups is 1. The van der Waals surface area contributed by atoms with E-state index in [-0.39, 0.29) is 17.8 Å². The molecule has 1 N–H and O–H groups in total. The van der Waals surface area contributed by atoms with Crippen LogP contribution in [0.5, 0.6) is 11.8 Å². The Morgan fingerprint density at radius 1 is 1.16 bits per heavy atom. The fraction of sp³-hybridized carbons (Fsp3) is 0.393. The van der Waals surface area contributed by atoms with Gasteiger partial charge >= 0.3 is 6.01 Å². The number of benzene rings is 2. The average molecular weight is 522 g/mol. The highest BCUT2D eigenvalue weighted by molar-refractivity contribution is 6.37. The van der Waals surface area contributed by atoms with Gasteiger partial charge in [-0.15, -0.1) is 0 Å². The van der Waals surface area contributed by atoms with Gasteiger partial charge in [0.1, 0.15) is 11.6 Å². The minimum atomic E-state index is -0.0424. The van der Waals surface area contributed by atoms with Crippen LogP contribution in [0.4, 0.5) is 11.5 Å². The number of hydrogen-bond donors (Lipinski definition) is 1. The van der Waals surface area contributed by atoms with Crippen molar-refractivity contribution in [1.29, 1.82) is 0 Å². The number of aromatic hydroxyl groups is 1. The van der Waals surface area contributed by atoms with Crippen LogP contribution >= 0.6 is 11.6 Å². The molecule has 9 heteroatoms. The second-order valence-electron chi connectivity index (χ2n) is 9.55. The second-order valence-corrected chi connectivity index (χ2v) is 9.93. The Morgan fingerprint density at radius 3 is 2.59 bits per heavy atom. The van der Waals surface area contributed by atoms with Crippen molar-refractivity contribution in [2.24, 2.45) is 0 Å². The summed E-state index contributed by atoms with van der Waals surface area (Å²) < 4.78 is 6.08. The fourth-order valence-electron chi connectivity index (χ4n) is 5.01. The number of carbonyl (C=O) groups excluding carboxylic acids is 1. The molecule has 2 aromatic carbocycles. The summed E-state index contributed by atoms with van der Waals surface area (Å²) in [5, 5.41) is 12.7. The SMILES string of the molecule is C=CC(=O)N1CCN(c2nc(O[C@H](C)CC)nc3c2CCN(c2cc(O)c(Cl)c4ccccc24)C3)CC1. The molecule has 1 fully saturated rings. The highest BCUT2D eigenvalue weighted by atomic mass is 35.5. The maximum atomic E-state index is 12.1. The number of rotatable bonds is 6. The van der Waals surface area contributed by atoms with Gasteiger partial charge in [0.25, 0.3) is 0 Å². The molecule has 8 nitrogen and oxygen atoms in total. The van der Waals surface area contributed by atoms with Gasteiger partial charge in [0.05, 0.1) is 23.4 Å². The van der Waals surface area contributed by atoms with Crippen LogP contribution in [-0.4, -0.2) is 64.7 Å². The molecule has 1 amide bonds. The van der Waals surface area contributed by atoms with Crippen LogP contribution in [0.15, 0.2) is 43.0 Å². The van der Waals surface area contributed by atoms with Crippen molar-refractivity contribution in [3.05, 3.63) is 59.3 Å². The lowest BCUT2D eigenvalue weighted by Gasteiger charge is -2.38. The van der Waals surface area contributed by atoms with Crippen LogP contribution in [0.3, 0.4) is 0 Å². The van der Waals surface area contributed by atoms with Crippen LogP contribution in [0.1, 0.15) is 31.5 Å². The summed E-state index contributed by atoms with van der Waals surface area (Å²) in [5.41, 5.74) is 2.95. The van der Waals surface area contributed by atoms with Gasteiger partial charge in [-0.25, -0.2) is 0 Å². The van der Waals surface area contributed by atoms with E-state index in [1.54, 1.807) is 6.07 Å². The number of nitrogens with zero attached hydrogens (tertiary/aromatic N) is 5. The molecule has 0 aliphatic carbocycles. The van der Waals surface area contributed by atoms with Gasteiger partial charge in [-0.05, 0) is 25.8 Å². The first-order chi connectivity index (χ1) is 17.9. The van der Waals surface area contributed by atoms with Gasteiger partial charge < -0.3 is 24.5 Å². The molecular weight excluding hydrogens is 490 g/mol. The minimum absolute atomic E-state index is 0.00944. The van der Waals surface area contributed by atoms with E-state index >= 15 is 0 Å². The van der Waals surface area contributed by atoms with Crippen LogP contribution in [0, 0.1) is 0 Å². The lowest BCUT2D eigenvalue weighted by atomic mass is 10.0. The van der Waals surface area contributed by atoms with Crippen molar-refractivity contribution in [2.45, 2.75) is 39.3 Å². The van der Waals surface area contributed by atoms with Crippen molar-refractivity contribution >= 4 is 39.8 Å². The van der Waals surface area contributed by atoms with E-state index < -0.39 is 0 Å². The van der Waals surface area contributed by atoms with E-state index in [1.165, 1.54) is 6.08 Å². The molecule has 5 rings (SSSR count). The number of fused-ring (bicyclic) bond motifs is 2. The molecule has 3 aromatic rings. The second kappa shape index (κ2) is 10.5. The monoisotopic (exact) mass is 521 g/mol. The lowest BCUT2D eigenvalue weighted by molar-refractivity contribution is -0.126. The van der Waals surface area contributed by atoms with E-state index in [4.69, 9.17) is 26.3 Å². The van der Waals surface area contributed by atoms with Gasteiger partial charge in [0, 0.05) is 60.8 Å². The Morgan fingerprint density at radius 2 is 1.89 bits per heavy atom. The third kappa shape index (κ3) is 4.90. The molecule has 194 valence electrons. The fourth-order valence-corrected chi connectivity index (χ4v) is 5.23. The minimum Gasteiger partial charge on any atom is -0.506 e. The number of ether oxygens (including phenoxy) is 1. The zero-order valence-corrected chi connectivity index (χ0v) is 22.0. The Bertz CT molecular complexity index is 1340. The van der Waals surface area contributed by atoms with Crippen LogP contribution < -0.4 is 14.5 Å². The third-order valence-corrected chi connectivity index (χ3v) is 7.65. The summed E-state index contributed by atoms with van der Waals surface area (Å²) in [7, 11) is 0. The summed E-state index contributed by atoms with van der Waals surface area (Å²) >= 11 is 6.41. The van der Waals surface area contributed by atoms with Crippen LogP contribution in [0.2, 0.25) is 5.02 Å². The molecule has 1 aromatic heterocycles. The first-order valence-corrected chi connectivity index (χ1v) is 13.1. The first kappa shape index (κ1) is 25.1. The Hall–Kier alpha value is -3.52. The quantitative estimate of drug-likeness (QED) is 0.476. The zero-order chi connectivity index (χ0) is 26.1. The largest absolute Gasteiger partial charge is 0.506 e. The van der Waals surface area contributed by atoms with E-state index in [1.807, 2.05) is 36.1 Å². The molecule has 0 unspecified atom stereocenters. The van der Waals surface area contributed by atoms with Gasteiger partial charge in [0.2, 0.25) is 5.91 Å². The van der Waals surface area contributed by atoms with Gasteiger partial charge in [0.15, 0.2) is 0 Å². The van der Waals surface area contributed by atoms with Crippen LogP contribution in [-0.2, 0) is 17.8 Å². The van der Waals surface area contributed by atoms with Gasteiger partial charge in [-0.2, -0.15) is 9.97 Å². The van der Waals surface area contributed by atoms with Crippen molar-refractivity contribution < 1.29 is 14.6 Å². The highest BCUT2D eigenvalue weighted by Gasteiger charge is 2.29. The molecule has 2 aliphatic heterocycles. The molecule has 3 heterocycles. The van der Waals surface area contributed by atoms with E-state index in [0.717, 1.165) is 52.9 Å². The number of phenols is 1. The summed E-state index contributed by atoms with van der Waals surface area (Å²) in [6.07, 6.45) is 2.95. The number of hydrogen-bond acceptors (Lipinski definition) is 7. The molecular formula is C28H32ClN5O3. The Kier molecular flexibility index (Phi) is 7.11. The van der Waals surface area contributed by atoms with Gasteiger partial charge in [-0.3, -0.25) is 4.79 Å². The van der Waals surface area contributed by atoms with E-state index in [0.29, 0.717) is 43.8 Å².